The zero-order valence-electron chi connectivity index (χ0n) is 20.7. The second kappa shape index (κ2) is 14.1. The maximum absolute atomic E-state index is 6.16. The van der Waals surface area contributed by atoms with Gasteiger partial charge in [0.25, 0.3) is 0 Å². The van der Waals surface area contributed by atoms with Gasteiger partial charge < -0.3 is 14.2 Å². The Balaban J connectivity index is 1.41. The minimum absolute atomic E-state index is 0.568. The number of allylic oxidation sites excluding steroid dienone is 1. The van der Waals surface area contributed by atoms with Crippen molar-refractivity contribution >= 4 is 0 Å². The summed E-state index contributed by atoms with van der Waals surface area (Å²) in [7, 11) is 0. The van der Waals surface area contributed by atoms with E-state index in [1.54, 1.807) is 0 Å². The summed E-state index contributed by atoms with van der Waals surface area (Å²) in [5.74, 6) is 2.06. The minimum Gasteiger partial charge on any atom is -0.490 e. The van der Waals surface area contributed by atoms with Gasteiger partial charge in [0.15, 0.2) is 5.79 Å². The van der Waals surface area contributed by atoms with E-state index in [1.165, 1.54) is 64.2 Å². The van der Waals surface area contributed by atoms with Crippen LogP contribution >= 0.6 is 0 Å². The highest BCUT2D eigenvalue weighted by atomic mass is 16.7. The minimum atomic E-state index is -0.568. The van der Waals surface area contributed by atoms with Crippen molar-refractivity contribution in [2.45, 2.75) is 103 Å². The molecule has 0 radical (unpaired) electrons. The molecule has 32 heavy (non-hydrogen) atoms. The van der Waals surface area contributed by atoms with E-state index >= 15 is 0 Å². The summed E-state index contributed by atoms with van der Waals surface area (Å²) in [6.45, 7) is 6.72. The van der Waals surface area contributed by atoms with Gasteiger partial charge in [-0.25, -0.2) is 0 Å². The third-order valence-corrected chi connectivity index (χ3v) is 7.22. The first-order valence-electron chi connectivity index (χ1n) is 13.4. The van der Waals surface area contributed by atoms with Gasteiger partial charge in [-0.2, -0.15) is 0 Å². The van der Waals surface area contributed by atoms with Crippen LogP contribution in [0.1, 0.15) is 103 Å². The highest BCUT2D eigenvalue weighted by molar-refractivity contribution is 5.30. The van der Waals surface area contributed by atoms with Crippen molar-refractivity contribution in [2.75, 3.05) is 19.8 Å². The molecular formula is C29H46O3. The third kappa shape index (κ3) is 7.92. The molecule has 2 fully saturated rings. The fraction of sp³-hybridized carbons (Fsp3) is 0.724. The Labute approximate surface area is 196 Å². The molecule has 1 aliphatic carbocycles. The summed E-state index contributed by atoms with van der Waals surface area (Å²) in [4.78, 5) is 0. The fourth-order valence-electron chi connectivity index (χ4n) is 5.19. The Morgan fingerprint density at radius 1 is 0.906 bits per heavy atom. The smallest absolute Gasteiger partial charge is 0.194 e. The second-order valence-electron chi connectivity index (χ2n) is 9.80. The highest BCUT2D eigenvalue weighted by Gasteiger charge is 2.36. The number of rotatable bonds is 13. The van der Waals surface area contributed by atoms with Gasteiger partial charge in [0.1, 0.15) is 12.4 Å². The Morgan fingerprint density at radius 3 is 2.28 bits per heavy atom. The van der Waals surface area contributed by atoms with E-state index in [2.05, 4.69) is 50.3 Å². The van der Waals surface area contributed by atoms with Crippen molar-refractivity contribution in [2.24, 2.45) is 11.8 Å². The van der Waals surface area contributed by atoms with Crippen LogP contribution in [0.15, 0.2) is 36.4 Å². The maximum atomic E-state index is 6.16. The standard InChI is InChI=1S/C29H46O3/c1-3-5-7-11-25-13-15-26(16-14-25)12-9-22-30-28-19-17-27(18-20-28)29(21-8-6-4-2)31-23-10-24-32-29/h9,12,17-20,25-26H,3-8,10-11,13-16,21-24H2,1-2H3. The van der Waals surface area contributed by atoms with Gasteiger partial charge in [-0.3, -0.25) is 0 Å². The molecule has 1 aromatic rings. The Kier molecular flexibility index (Phi) is 11.1. The van der Waals surface area contributed by atoms with Crippen molar-refractivity contribution in [3.8, 4) is 5.75 Å². The molecular weight excluding hydrogens is 396 g/mol. The molecule has 180 valence electrons. The quantitative estimate of drug-likeness (QED) is 0.228. The van der Waals surface area contributed by atoms with Crippen molar-refractivity contribution < 1.29 is 14.2 Å². The first kappa shape index (κ1) is 25.3. The number of benzene rings is 1. The molecule has 3 heteroatoms. The van der Waals surface area contributed by atoms with Gasteiger partial charge in [-0.1, -0.05) is 64.5 Å². The van der Waals surface area contributed by atoms with Gasteiger partial charge in [-0.15, -0.1) is 0 Å². The molecule has 0 spiro atoms. The van der Waals surface area contributed by atoms with Crippen LogP contribution in [-0.2, 0) is 15.3 Å². The Morgan fingerprint density at radius 2 is 1.59 bits per heavy atom. The van der Waals surface area contributed by atoms with Crippen molar-refractivity contribution in [1.82, 2.24) is 0 Å². The molecule has 1 heterocycles. The summed E-state index contributed by atoms with van der Waals surface area (Å²) >= 11 is 0. The fourth-order valence-corrected chi connectivity index (χ4v) is 5.19. The molecule has 2 aliphatic rings. The number of ether oxygens (including phenoxy) is 3. The van der Waals surface area contributed by atoms with E-state index in [0.717, 1.165) is 55.6 Å². The second-order valence-corrected chi connectivity index (χ2v) is 9.80. The molecule has 3 rings (SSSR count). The van der Waals surface area contributed by atoms with Crippen LogP contribution in [0.2, 0.25) is 0 Å². The van der Waals surface area contributed by atoms with Crippen molar-refractivity contribution in [3.63, 3.8) is 0 Å². The average Bonchev–Trinajstić information content (AvgIpc) is 2.84. The zero-order valence-corrected chi connectivity index (χ0v) is 20.7. The van der Waals surface area contributed by atoms with Crippen LogP contribution in [0.25, 0.3) is 0 Å². The topological polar surface area (TPSA) is 27.7 Å². The molecule has 1 saturated heterocycles. The van der Waals surface area contributed by atoms with Crippen molar-refractivity contribution in [1.29, 1.82) is 0 Å². The summed E-state index contributed by atoms with van der Waals surface area (Å²) in [5.41, 5.74) is 1.12. The average molecular weight is 443 g/mol. The van der Waals surface area contributed by atoms with Crippen LogP contribution in [0.4, 0.5) is 0 Å². The lowest BCUT2D eigenvalue weighted by Gasteiger charge is -2.37. The van der Waals surface area contributed by atoms with E-state index in [1.807, 2.05) is 0 Å². The third-order valence-electron chi connectivity index (χ3n) is 7.22. The molecule has 0 unspecified atom stereocenters. The summed E-state index contributed by atoms with van der Waals surface area (Å²) in [6.07, 6.45) is 21.2. The van der Waals surface area contributed by atoms with Crippen LogP contribution in [-0.4, -0.2) is 19.8 Å². The van der Waals surface area contributed by atoms with E-state index in [9.17, 15) is 0 Å². The number of hydrogen-bond donors (Lipinski definition) is 0. The van der Waals surface area contributed by atoms with Crippen LogP contribution in [0.3, 0.4) is 0 Å². The molecule has 1 saturated carbocycles. The van der Waals surface area contributed by atoms with Gasteiger partial charge in [0.2, 0.25) is 0 Å². The van der Waals surface area contributed by atoms with Gasteiger partial charge in [-0.05, 0) is 74.6 Å². The van der Waals surface area contributed by atoms with E-state index < -0.39 is 5.79 Å². The summed E-state index contributed by atoms with van der Waals surface area (Å²) in [6, 6.07) is 8.37. The molecule has 0 atom stereocenters. The first-order valence-corrected chi connectivity index (χ1v) is 13.4. The van der Waals surface area contributed by atoms with Crippen molar-refractivity contribution in [3.05, 3.63) is 42.0 Å². The van der Waals surface area contributed by atoms with E-state index in [4.69, 9.17) is 14.2 Å². The van der Waals surface area contributed by atoms with Crippen LogP contribution in [0.5, 0.6) is 5.75 Å². The van der Waals surface area contributed by atoms with Gasteiger partial charge in [0, 0.05) is 12.0 Å². The Hall–Kier alpha value is -1.32. The summed E-state index contributed by atoms with van der Waals surface area (Å²) in [5, 5.41) is 0. The predicted molar refractivity (Wildman–Crippen MR) is 133 cm³/mol. The van der Waals surface area contributed by atoms with E-state index in [-0.39, 0.29) is 0 Å². The SMILES string of the molecule is CCCCCC1CCC(C=CCOc2ccc(C3(CCCCC)OCCCO3)cc2)CC1. The molecule has 0 amide bonds. The predicted octanol–water partition coefficient (Wildman–Crippen LogP) is 8.18. The normalized spacial score (nSPS) is 23.4. The molecule has 3 nitrogen and oxygen atoms in total. The number of unbranched alkanes of at least 4 members (excludes halogenated alkanes) is 4. The lowest BCUT2D eigenvalue weighted by Crippen LogP contribution is -2.38. The van der Waals surface area contributed by atoms with E-state index in [0.29, 0.717) is 6.61 Å². The lowest BCUT2D eigenvalue weighted by atomic mass is 9.79. The lowest BCUT2D eigenvalue weighted by molar-refractivity contribution is -0.280. The molecule has 0 aromatic heterocycles. The summed E-state index contributed by atoms with van der Waals surface area (Å²) < 4.78 is 18.3. The zero-order chi connectivity index (χ0) is 22.5. The number of hydrogen-bond acceptors (Lipinski definition) is 3. The first-order chi connectivity index (χ1) is 15.8. The van der Waals surface area contributed by atoms with Gasteiger partial charge >= 0.3 is 0 Å². The van der Waals surface area contributed by atoms with Crippen LogP contribution in [0, 0.1) is 11.8 Å². The largest absolute Gasteiger partial charge is 0.490 e. The van der Waals surface area contributed by atoms with Gasteiger partial charge in [0.05, 0.1) is 13.2 Å². The molecule has 0 N–H and O–H groups in total. The Bertz CT molecular complexity index is 637. The molecule has 1 aromatic carbocycles. The molecule has 1 aliphatic heterocycles. The maximum Gasteiger partial charge on any atom is 0.194 e. The monoisotopic (exact) mass is 442 g/mol. The highest BCUT2D eigenvalue weighted by Crippen LogP contribution is 2.37. The van der Waals surface area contributed by atoms with Crippen LogP contribution < -0.4 is 4.74 Å². The molecule has 0 bridgehead atoms.